The molecule has 0 aliphatic carbocycles. The van der Waals surface area contributed by atoms with Crippen LogP contribution in [0.4, 0.5) is 4.39 Å². The fraction of sp³-hybridized carbons (Fsp3) is 0.438. The first-order valence-corrected chi connectivity index (χ1v) is 7.18. The van der Waals surface area contributed by atoms with Crippen LogP contribution in [0.2, 0.25) is 0 Å². The number of benzene rings is 1. The molecule has 5 heteroatoms. The average molecular weight is 290 g/mol. The fourth-order valence-electron chi connectivity index (χ4n) is 2.78. The molecule has 0 amide bonds. The lowest BCUT2D eigenvalue weighted by Gasteiger charge is -2.34. The summed E-state index contributed by atoms with van der Waals surface area (Å²) in [5.74, 6) is 0.168. The van der Waals surface area contributed by atoms with Crippen LogP contribution in [0.3, 0.4) is 0 Å². The maximum absolute atomic E-state index is 13.2. The van der Waals surface area contributed by atoms with Gasteiger partial charge in [-0.3, -0.25) is 4.90 Å². The van der Waals surface area contributed by atoms with E-state index in [1.165, 1.54) is 12.1 Å². The number of nitrogens with zero attached hydrogens (tertiary/aromatic N) is 2. The summed E-state index contributed by atoms with van der Waals surface area (Å²) < 4.78 is 24.4. The van der Waals surface area contributed by atoms with Crippen LogP contribution in [-0.2, 0) is 11.3 Å². The van der Waals surface area contributed by atoms with Crippen LogP contribution >= 0.6 is 0 Å². The van der Waals surface area contributed by atoms with E-state index in [-0.39, 0.29) is 18.0 Å². The Labute approximate surface area is 123 Å². The molecule has 3 rings (SSSR count). The molecule has 1 saturated heterocycles. The van der Waals surface area contributed by atoms with Crippen LogP contribution in [0.1, 0.15) is 19.5 Å². The molecule has 1 aromatic heterocycles. The number of rotatable bonds is 3. The summed E-state index contributed by atoms with van der Waals surface area (Å²) in [4.78, 5) is 6.75. The molecule has 0 N–H and O–H groups in total. The van der Waals surface area contributed by atoms with Gasteiger partial charge in [0, 0.05) is 25.2 Å². The van der Waals surface area contributed by atoms with Crippen molar-refractivity contribution in [1.29, 1.82) is 0 Å². The highest BCUT2D eigenvalue weighted by molar-refractivity contribution is 5.52. The quantitative estimate of drug-likeness (QED) is 0.870. The average Bonchev–Trinajstić information content (AvgIpc) is 2.86. The van der Waals surface area contributed by atoms with E-state index >= 15 is 0 Å². The third kappa shape index (κ3) is 3.49. The standard InChI is InChI=1S/C16H19FN2O2/c1-11-7-19(8-12(2)21-11)9-15-10-20-16(18-15)13-4-3-5-14(17)6-13/h3-6,10-12H,7-9H2,1-2H3. The zero-order valence-electron chi connectivity index (χ0n) is 12.3. The number of oxazole rings is 1. The van der Waals surface area contributed by atoms with Gasteiger partial charge in [-0.15, -0.1) is 0 Å². The molecule has 2 heterocycles. The number of hydrogen-bond acceptors (Lipinski definition) is 4. The molecule has 0 spiro atoms. The van der Waals surface area contributed by atoms with Crippen LogP contribution in [0, 0.1) is 5.82 Å². The lowest BCUT2D eigenvalue weighted by molar-refractivity contribution is -0.0707. The van der Waals surface area contributed by atoms with Gasteiger partial charge < -0.3 is 9.15 Å². The van der Waals surface area contributed by atoms with Gasteiger partial charge in [0.15, 0.2) is 0 Å². The van der Waals surface area contributed by atoms with Crippen LogP contribution in [0.15, 0.2) is 34.9 Å². The summed E-state index contributed by atoms with van der Waals surface area (Å²) in [7, 11) is 0. The molecule has 2 unspecified atom stereocenters. The van der Waals surface area contributed by atoms with Crippen molar-refractivity contribution in [3.63, 3.8) is 0 Å². The van der Waals surface area contributed by atoms with Gasteiger partial charge in [-0.05, 0) is 32.0 Å². The largest absolute Gasteiger partial charge is 0.444 e. The Morgan fingerprint density at radius 2 is 2.05 bits per heavy atom. The molecule has 1 aliphatic rings. The van der Waals surface area contributed by atoms with Crippen molar-refractivity contribution < 1.29 is 13.5 Å². The smallest absolute Gasteiger partial charge is 0.226 e. The molecular weight excluding hydrogens is 271 g/mol. The highest BCUT2D eigenvalue weighted by atomic mass is 19.1. The summed E-state index contributed by atoms with van der Waals surface area (Å²) in [6.07, 6.45) is 2.09. The van der Waals surface area contributed by atoms with Gasteiger partial charge in [0.05, 0.1) is 17.9 Å². The fourth-order valence-corrected chi connectivity index (χ4v) is 2.78. The van der Waals surface area contributed by atoms with E-state index < -0.39 is 0 Å². The zero-order chi connectivity index (χ0) is 14.8. The second-order valence-corrected chi connectivity index (χ2v) is 5.61. The Morgan fingerprint density at radius 1 is 1.29 bits per heavy atom. The SMILES string of the molecule is CC1CN(Cc2coc(-c3cccc(F)c3)n2)CC(C)O1. The van der Waals surface area contributed by atoms with E-state index in [0.29, 0.717) is 11.5 Å². The second-order valence-electron chi connectivity index (χ2n) is 5.61. The molecule has 2 aromatic rings. The predicted octanol–water partition coefficient (Wildman–Crippen LogP) is 3.09. The van der Waals surface area contributed by atoms with E-state index in [4.69, 9.17) is 9.15 Å². The number of morpholine rings is 1. The van der Waals surface area contributed by atoms with Crippen molar-refractivity contribution >= 4 is 0 Å². The summed E-state index contributed by atoms with van der Waals surface area (Å²) in [6, 6.07) is 6.27. The summed E-state index contributed by atoms with van der Waals surface area (Å²) in [6.45, 7) is 6.63. The number of hydrogen-bond donors (Lipinski definition) is 0. The van der Waals surface area contributed by atoms with Crippen molar-refractivity contribution in [3.05, 3.63) is 42.0 Å². The highest BCUT2D eigenvalue weighted by Gasteiger charge is 2.23. The topological polar surface area (TPSA) is 38.5 Å². The minimum atomic E-state index is -0.289. The molecule has 1 aromatic carbocycles. The van der Waals surface area contributed by atoms with Gasteiger partial charge in [0.25, 0.3) is 0 Å². The predicted molar refractivity (Wildman–Crippen MR) is 77.2 cm³/mol. The Kier molecular flexibility index (Phi) is 4.03. The molecule has 1 aliphatic heterocycles. The van der Waals surface area contributed by atoms with Crippen LogP contribution in [0.5, 0.6) is 0 Å². The van der Waals surface area contributed by atoms with Crippen molar-refractivity contribution in [1.82, 2.24) is 9.88 Å². The Hall–Kier alpha value is -1.72. The van der Waals surface area contributed by atoms with Gasteiger partial charge in [0.2, 0.25) is 5.89 Å². The molecule has 0 saturated carbocycles. The van der Waals surface area contributed by atoms with E-state index in [1.54, 1.807) is 18.4 Å². The minimum Gasteiger partial charge on any atom is -0.444 e. The summed E-state index contributed by atoms with van der Waals surface area (Å²) in [5.41, 5.74) is 1.51. The number of aromatic nitrogens is 1. The Bertz CT molecular complexity index is 604. The van der Waals surface area contributed by atoms with Crippen LogP contribution in [-0.4, -0.2) is 35.2 Å². The third-order valence-electron chi connectivity index (χ3n) is 3.50. The first kappa shape index (κ1) is 14.2. The summed E-state index contributed by atoms with van der Waals surface area (Å²) in [5, 5.41) is 0. The molecule has 1 fully saturated rings. The zero-order valence-corrected chi connectivity index (χ0v) is 12.3. The highest BCUT2D eigenvalue weighted by Crippen LogP contribution is 2.21. The lowest BCUT2D eigenvalue weighted by Crippen LogP contribution is -2.44. The lowest BCUT2D eigenvalue weighted by atomic mass is 10.2. The molecular formula is C16H19FN2O2. The molecule has 21 heavy (non-hydrogen) atoms. The molecule has 112 valence electrons. The van der Waals surface area contributed by atoms with E-state index in [2.05, 4.69) is 23.7 Å². The van der Waals surface area contributed by atoms with Crippen molar-refractivity contribution in [2.24, 2.45) is 0 Å². The first-order valence-electron chi connectivity index (χ1n) is 7.18. The van der Waals surface area contributed by atoms with Gasteiger partial charge in [-0.25, -0.2) is 9.37 Å². The second kappa shape index (κ2) is 5.95. The first-order chi connectivity index (χ1) is 10.1. The Morgan fingerprint density at radius 3 is 2.76 bits per heavy atom. The normalized spacial score (nSPS) is 23.4. The van der Waals surface area contributed by atoms with Gasteiger partial charge in [0.1, 0.15) is 12.1 Å². The van der Waals surface area contributed by atoms with E-state index in [1.807, 2.05) is 0 Å². The number of ether oxygens (including phenoxy) is 1. The van der Waals surface area contributed by atoms with Crippen LogP contribution in [0.25, 0.3) is 11.5 Å². The maximum Gasteiger partial charge on any atom is 0.226 e. The number of halogens is 1. The van der Waals surface area contributed by atoms with Gasteiger partial charge in [-0.1, -0.05) is 6.07 Å². The molecule has 4 nitrogen and oxygen atoms in total. The van der Waals surface area contributed by atoms with Crippen molar-refractivity contribution in [2.45, 2.75) is 32.6 Å². The van der Waals surface area contributed by atoms with E-state index in [0.717, 1.165) is 25.3 Å². The Balaban J connectivity index is 1.70. The molecule has 0 bridgehead atoms. The van der Waals surface area contributed by atoms with Gasteiger partial charge >= 0.3 is 0 Å². The van der Waals surface area contributed by atoms with Crippen molar-refractivity contribution in [3.8, 4) is 11.5 Å². The van der Waals surface area contributed by atoms with Crippen molar-refractivity contribution in [2.75, 3.05) is 13.1 Å². The van der Waals surface area contributed by atoms with E-state index in [9.17, 15) is 4.39 Å². The maximum atomic E-state index is 13.2. The molecule has 0 radical (unpaired) electrons. The minimum absolute atomic E-state index is 0.225. The van der Waals surface area contributed by atoms with Gasteiger partial charge in [-0.2, -0.15) is 0 Å². The molecule has 2 atom stereocenters. The monoisotopic (exact) mass is 290 g/mol. The van der Waals surface area contributed by atoms with Crippen LogP contribution < -0.4 is 0 Å². The third-order valence-corrected chi connectivity index (χ3v) is 3.50. The summed E-state index contributed by atoms with van der Waals surface area (Å²) >= 11 is 0.